The number of anilines is 1. The molecule has 0 saturated heterocycles. The highest BCUT2D eigenvalue weighted by Crippen LogP contribution is 2.25. The highest BCUT2D eigenvalue weighted by molar-refractivity contribution is 7.15. The molecule has 0 bridgehead atoms. The Morgan fingerprint density at radius 2 is 2.44 bits per heavy atom. The Morgan fingerprint density at radius 3 is 3.06 bits per heavy atom. The minimum Gasteiger partial charge on any atom is -0.476 e. The van der Waals surface area contributed by atoms with Gasteiger partial charge in [0.15, 0.2) is 16.5 Å². The van der Waals surface area contributed by atoms with Gasteiger partial charge >= 0.3 is 5.97 Å². The fraction of sp³-hybridized carbons (Fsp3) is 0.455. The maximum atomic E-state index is 11.4. The van der Waals surface area contributed by atoms with Crippen LogP contribution in [0.5, 0.6) is 0 Å². The molecular formula is C11H15N3O3S. The van der Waals surface area contributed by atoms with Crippen LogP contribution >= 0.6 is 11.3 Å². The highest BCUT2D eigenvalue weighted by Gasteiger charge is 2.24. The second kappa shape index (κ2) is 4.95. The molecule has 6 nitrogen and oxygen atoms in total. The number of hydrogen-bond donors (Lipinski definition) is 1. The number of rotatable bonds is 5. The number of carboxylic acids is 1. The largest absolute Gasteiger partial charge is 0.476 e. The molecule has 2 aromatic heterocycles. The smallest absolute Gasteiger partial charge is 0.356 e. The molecule has 0 aromatic carbocycles. The van der Waals surface area contributed by atoms with Crippen molar-refractivity contribution in [3.05, 3.63) is 17.3 Å². The van der Waals surface area contributed by atoms with Crippen LogP contribution in [0.4, 0.5) is 5.82 Å². The van der Waals surface area contributed by atoms with Crippen LogP contribution in [-0.4, -0.2) is 47.3 Å². The van der Waals surface area contributed by atoms with Crippen LogP contribution in [0.15, 0.2) is 11.6 Å². The van der Waals surface area contributed by atoms with Crippen molar-refractivity contribution in [2.75, 3.05) is 25.7 Å². The Morgan fingerprint density at radius 1 is 1.72 bits per heavy atom. The minimum absolute atomic E-state index is 0.0534. The molecular weight excluding hydrogens is 254 g/mol. The Kier molecular flexibility index (Phi) is 3.53. The number of carboxylic acid groups (broad SMARTS) is 1. The molecule has 0 aliphatic rings. The normalized spacial score (nSPS) is 12.8. The van der Waals surface area contributed by atoms with Gasteiger partial charge in [-0.2, -0.15) is 0 Å². The monoisotopic (exact) mass is 269 g/mol. The predicted molar refractivity (Wildman–Crippen MR) is 69.8 cm³/mol. The number of aromatic nitrogens is 2. The molecule has 98 valence electrons. The van der Waals surface area contributed by atoms with Crippen molar-refractivity contribution in [2.24, 2.45) is 0 Å². The van der Waals surface area contributed by atoms with Gasteiger partial charge < -0.3 is 14.7 Å². The van der Waals surface area contributed by atoms with E-state index in [1.54, 1.807) is 17.7 Å². The average Bonchev–Trinajstić information content (AvgIpc) is 2.86. The first-order valence-electron chi connectivity index (χ1n) is 5.47. The lowest BCUT2D eigenvalue weighted by Crippen LogP contribution is -2.34. The second-order valence-electron chi connectivity index (χ2n) is 4.06. The van der Waals surface area contributed by atoms with Gasteiger partial charge in [-0.15, -0.1) is 11.3 Å². The Balaban J connectivity index is 2.46. The number of carbonyl (C=O) groups is 1. The SMILES string of the molecule is COCC(C)N(C)c1nc2sccn2c1C(=O)O. The summed E-state index contributed by atoms with van der Waals surface area (Å²) in [5, 5.41) is 11.1. The van der Waals surface area contributed by atoms with Crippen LogP contribution in [-0.2, 0) is 4.74 Å². The summed E-state index contributed by atoms with van der Waals surface area (Å²) in [4.78, 5) is 18.2. The number of fused-ring (bicyclic) bond motifs is 1. The van der Waals surface area contributed by atoms with Crippen molar-refractivity contribution in [1.82, 2.24) is 9.38 Å². The topological polar surface area (TPSA) is 67.1 Å². The maximum Gasteiger partial charge on any atom is 0.356 e. The molecule has 0 fully saturated rings. The van der Waals surface area contributed by atoms with Crippen LogP contribution < -0.4 is 4.90 Å². The van der Waals surface area contributed by atoms with Gasteiger partial charge in [-0.05, 0) is 6.92 Å². The van der Waals surface area contributed by atoms with E-state index in [1.165, 1.54) is 11.3 Å². The van der Waals surface area contributed by atoms with Crippen LogP contribution in [0.1, 0.15) is 17.4 Å². The summed E-state index contributed by atoms with van der Waals surface area (Å²) in [5.74, 6) is -0.508. The first-order chi connectivity index (χ1) is 8.56. The predicted octanol–water partition coefficient (Wildman–Crippen LogP) is 1.57. The first kappa shape index (κ1) is 12.8. The van der Waals surface area contributed by atoms with Crippen LogP contribution in [0.25, 0.3) is 4.96 Å². The zero-order chi connectivity index (χ0) is 13.3. The lowest BCUT2D eigenvalue weighted by atomic mass is 10.3. The average molecular weight is 269 g/mol. The van der Waals surface area contributed by atoms with Crippen molar-refractivity contribution in [2.45, 2.75) is 13.0 Å². The summed E-state index contributed by atoms with van der Waals surface area (Å²) < 4.78 is 6.68. The molecule has 0 spiro atoms. The van der Waals surface area contributed by atoms with E-state index in [0.717, 1.165) is 0 Å². The van der Waals surface area contributed by atoms with Gasteiger partial charge in [0.25, 0.3) is 0 Å². The molecule has 2 aromatic rings. The van der Waals surface area contributed by atoms with Crippen LogP contribution in [0.3, 0.4) is 0 Å². The van der Waals surface area contributed by atoms with Gasteiger partial charge in [0.05, 0.1) is 12.6 Å². The zero-order valence-corrected chi connectivity index (χ0v) is 11.3. The standard InChI is InChI=1S/C11H15N3O3S/c1-7(6-17-3)13(2)9-8(10(15)16)14-4-5-18-11(14)12-9/h4-5,7H,6H2,1-3H3,(H,15,16). The third-order valence-electron chi connectivity index (χ3n) is 2.85. The Bertz CT molecular complexity index is 563. The van der Waals surface area contributed by atoms with Gasteiger partial charge in [0, 0.05) is 25.7 Å². The van der Waals surface area contributed by atoms with Gasteiger partial charge in [0.1, 0.15) is 0 Å². The number of likely N-dealkylation sites (N-methyl/N-ethyl adjacent to an activating group) is 1. The lowest BCUT2D eigenvalue weighted by Gasteiger charge is -2.24. The number of hydrogen-bond acceptors (Lipinski definition) is 5. The highest BCUT2D eigenvalue weighted by atomic mass is 32.1. The van der Waals surface area contributed by atoms with E-state index >= 15 is 0 Å². The van der Waals surface area contributed by atoms with Gasteiger partial charge in [-0.25, -0.2) is 9.78 Å². The van der Waals surface area contributed by atoms with E-state index < -0.39 is 5.97 Å². The van der Waals surface area contributed by atoms with E-state index in [1.807, 2.05) is 24.3 Å². The van der Waals surface area contributed by atoms with E-state index in [0.29, 0.717) is 17.4 Å². The maximum absolute atomic E-state index is 11.4. The van der Waals surface area contributed by atoms with Crippen molar-refractivity contribution in [3.8, 4) is 0 Å². The van der Waals surface area contributed by atoms with E-state index in [9.17, 15) is 9.90 Å². The Labute approximate surface area is 108 Å². The van der Waals surface area contributed by atoms with Crippen LogP contribution in [0, 0.1) is 0 Å². The number of imidazole rings is 1. The van der Waals surface area contributed by atoms with E-state index in [-0.39, 0.29) is 11.7 Å². The second-order valence-corrected chi connectivity index (χ2v) is 4.93. The molecule has 2 heterocycles. The Hall–Kier alpha value is -1.60. The summed E-state index contributed by atoms with van der Waals surface area (Å²) in [6.45, 7) is 2.48. The lowest BCUT2D eigenvalue weighted by molar-refractivity contribution is 0.0690. The fourth-order valence-corrected chi connectivity index (χ4v) is 2.49. The van der Waals surface area contributed by atoms with Crippen molar-refractivity contribution in [1.29, 1.82) is 0 Å². The quantitative estimate of drug-likeness (QED) is 0.892. The summed E-state index contributed by atoms with van der Waals surface area (Å²) in [6.07, 6.45) is 1.72. The first-order valence-corrected chi connectivity index (χ1v) is 6.34. The molecule has 18 heavy (non-hydrogen) atoms. The summed E-state index contributed by atoms with van der Waals surface area (Å²) in [7, 11) is 3.44. The number of methoxy groups -OCH3 is 1. The molecule has 0 saturated carbocycles. The number of thiazole rings is 1. The number of ether oxygens (including phenoxy) is 1. The summed E-state index contributed by atoms with van der Waals surface area (Å²) in [6, 6.07) is 0.0534. The van der Waals surface area contributed by atoms with E-state index in [2.05, 4.69) is 4.98 Å². The van der Waals surface area contributed by atoms with Crippen molar-refractivity contribution < 1.29 is 14.6 Å². The van der Waals surface area contributed by atoms with E-state index in [4.69, 9.17) is 4.74 Å². The molecule has 1 N–H and O–H groups in total. The third kappa shape index (κ3) is 2.06. The molecule has 0 aliphatic carbocycles. The molecule has 1 unspecified atom stereocenters. The molecule has 7 heteroatoms. The van der Waals surface area contributed by atoms with Crippen molar-refractivity contribution in [3.63, 3.8) is 0 Å². The van der Waals surface area contributed by atoms with Gasteiger partial charge in [-0.3, -0.25) is 4.40 Å². The molecule has 0 radical (unpaired) electrons. The molecule has 0 amide bonds. The number of aromatic carboxylic acids is 1. The molecule has 0 aliphatic heterocycles. The summed E-state index contributed by atoms with van der Waals surface area (Å²) in [5.41, 5.74) is 0.191. The third-order valence-corrected chi connectivity index (χ3v) is 3.61. The van der Waals surface area contributed by atoms with Crippen molar-refractivity contribution >= 4 is 28.1 Å². The molecule has 1 atom stereocenters. The molecule has 2 rings (SSSR count). The fourth-order valence-electron chi connectivity index (χ4n) is 1.78. The van der Waals surface area contributed by atoms with Gasteiger partial charge in [0.2, 0.25) is 0 Å². The minimum atomic E-state index is -0.979. The number of nitrogens with zero attached hydrogens (tertiary/aromatic N) is 3. The van der Waals surface area contributed by atoms with Gasteiger partial charge in [-0.1, -0.05) is 0 Å². The van der Waals surface area contributed by atoms with Crippen LogP contribution in [0.2, 0.25) is 0 Å². The zero-order valence-electron chi connectivity index (χ0n) is 10.5. The summed E-state index contributed by atoms with van der Waals surface area (Å²) >= 11 is 1.41.